The molecule has 0 atom stereocenters. The zero-order valence-corrected chi connectivity index (χ0v) is 14.7. The molecule has 0 aromatic carbocycles. The number of anilines is 1. The number of alkyl carbamates (subject to hydrolysis) is 1. The molecule has 0 aliphatic carbocycles. The molecule has 1 rings (SSSR count). The van der Waals surface area contributed by atoms with Crippen molar-refractivity contribution in [3.8, 4) is 0 Å². The van der Waals surface area contributed by atoms with Gasteiger partial charge in [-0.2, -0.15) is 0 Å². The molecule has 0 fully saturated rings. The smallest absolute Gasteiger partial charge is 0.407 e. The first-order valence-electron chi connectivity index (χ1n) is 7.49. The zero-order chi connectivity index (χ0) is 17.0. The van der Waals surface area contributed by atoms with Gasteiger partial charge >= 0.3 is 6.09 Å². The van der Waals surface area contributed by atoms with Gasteiger partial charge in [-0.3, -0.25) is 0 Å². The predicted molar refractivity (Wildman–Crippen MR) is 88.2 cm³/mol. The van der Waals surface area contributed by atoms with Crippen molar-refractivity contribution in [3.05, 3.63) is 18.0 Å². The molecule has 1 aromatic rings. The molecule has 6 heteroatoms. The zero-order valence-electron chi connectivity index (χ0n) is 14.7. The SMILES string of the molecule is CN(CCNC(=O)OC(C)(C)C)c1ncc(C(C)(C)C)cn1. The molecule has 0 saturated heterocycles. The van der Waals surface area contributed by atoms with Gasteiger partial charge in [0.25, 0.3) is 0 Å². The minimum Gasteiger partial charge on any atom is -0.444 e. The fourth-order valence-corrected chi connectivity index (χ4v) is 1.65. The number of hydrogen-bond acceptors (Lipinski definition) is 5. The van der Waals surface area contributed by atoms with Gasteiger partial charge in [0, 0.05) is 32.5 Å². The van der Waals surface area contributed by atoms with Crippen LogP contribution < -0.4 is 10.2 Å². The molecule has 1 N–H and O–H groups in total. The molecule has 1 aromatic heterocycles. The number of hydrogen-bond donors (Lipinski definition) is 1. The first kappa shape index (κ1) is 18.2. The summed E-state index contributed by atoms with van der Waals surface area (Å²) in [5.74, 6) is 0.638. The molecular formula is C16H28N4O2. The molecule has 22 heavy (non-hydrogen) atoms. The highest BCUT2D eigenvalue weighted by atomic mass is 16.6. The second-order valence-corrected chi connectivity index (χ2v) is 7.37. The quantitative estimate of drug-likeness (QED) is 0.926. The standard InChI is InChI=1S/C16H28N4O2/c1-15(2,3)12-10-18-13(19-11-12)20(7)9-8-17-14(21)22-16(4,5)6/h10-11H,8-9H2,1-7H3,(H,17,21). The second-order valence-electron chi connectivity index (χ2n) is 7.37. The van der Waals surface area contributed by atoms with Crippen molar-refractivity contribution in [1.29, 1.82) is 0 Å². The Kier molecular flexibility index (Phi) is 5.74. The summed E-state index contributed by atoms with van der Waals surface area (Å²) >= 11 is 0. The number of carbonyl (C=O) groups is 1. The second kappa shape index (κ2) is 6.94. The van der Waals surface area contributed by atoms with Gasteiger partial charge in [0.2, 0.25) is 5.95 Å². The van der Waals surface area contributed by atoms with Crippen LogP contribution in [-0.2, 0) is 10.2 Å². The number of carbonyl (C=O) groups excluding carboxylic acids is 1. The van der Waals surface area contributed by atoms with Gasteiger partial charge in [0.15, 0.2) is 0 Å². The van der Waals surface area contributed by atoms with Gasteiger partial charge in [-0.05, 0) is 31.7 Å². The first-order chi connectivity index (χ1) is 9.99. The molecular weight excluding hydrogens is 280 g/mol. The Labute approximate surface area is 133 Å². The predicted octanol–water partition coefficient (Wildman–Crippen LogP) is 2.74. The van der Waals surface area contributed by atoms with Crippen LogP contribution in [-0.4, -0.2) is 41.8 Å². The lowest BCUT2D eigenvalue weighted by Crippen LogP contribution is -2.37. The van der Waals surface area contributed by atoms with Crippen molar-refractivity contribution < 1.29 is 9.53 Å². The minimum absolute atomic E-state index is 0.0371. The summed E-state index contributed by atoms with van der Waals surface area (Å²) in [7, 11) is 1.89. The number of likely N-dealkylation sites (N-methyl/N-ethyl adjacent to an activating group) is 1. The number of nitrogens with zero attached hydrogens (tertiary/aromatic N) is 3. The molecule has 1 amide bonds. The maximum absolute atomic E-state index is 11.5. The van der Waals surface area contributed by atoms with E-state index in [1.807, 2.05) is 45.1 Å². The van der Waals surface area contributed by atoms with Crippen LogP contribution in [0.25, 0.3) is 0 Å². The van der Waals surface area contributed by atoms with E-state index in [9.17, 15) is 4.79 Å². The van der Waals surface area contributed by atoms with Gasteiger partial charge < -0.3 is 15.0 Å². The highest BCUT2D eigenvalue weighted by molar-refractivity contribution is 5.67. The van der Waals surface area contributed by atoms with Crippen molar-refractivity contribution in [2.45, 2.75) is 52.6 Å². The largest absolute Gasteiger partial charge is 0.444 e. The Balaban J connectivity index is 2.46. The van der Waals surface area contributed by atoms with Gasteiger partial charge in [-0.25, -0.2) is 14.8 Å². The third kappa shape index (κ3) is 6.28. The summed E-state index contributed by atoms with van der Waals surface area (Å²) < 4.78 is 5.18. The van der Waals surface area contributed by atoms with E-state index in [0.717, 1.165) is 5.56 Å². The van der Waals surface area contributed by atoms with Gasteiger partial charge in [0.1, 0.15) is 5.60 Å². The van der Waals surface area contributed by atoms with Crippen LogP contribution in [0.4, 0.5) is 10.7 Å². The third-order valence-electron chi connectivity index (χ3n) is 2.96. The first-order valence-corrected chi connectivity index (χ1v) is 7.49. The van der Waals surface area contributed by atoms with Crippen LogP contribution >= 0.6 is 0 Å². The monoisotopic (exact) mass is 308 g/mol. The highest BCUT2D eigenvalue weighted by Crippen LogP contribution is 2.21. The molecule has 0 aliphatic rings. The fraction of sp³-hybridized carbons (Fsp3) is 0.688. The van der Waals surface area contributed by atoms with Crippen molar-refractivity contribution in [1.82, 2.24) is 15.3 Å². The Bertz CT molecular complexity index is 486. The maximum Gasteiger partial charge on any atom is 0.407 e. The van der Waals surface area contributed by atoms with Crippen LogP contribution in [0.3, 0.4) is 0 Å². The molecule has 124 valence electrons. The molecule has 0 aliphatic heterocycles. The number of aromatic nitrogens is 2. The van der Waals surface area contributed by atoms with Gasteiger partial charge in [0.05, 0.1) is 0 Å². The Morgan fingerprint density at radius 1 is 1.18 bits per heavy atom. The summed E-state index contributed by atoms with van der Waals surface area (Å²) in [4.78, 5) is 22.2. The lowest BCUT2D eigenvalue weighted by atomic mass is 9.89. The van der Waals surface area contributed by atoms with E-state index < -0.39 is 11.7 Å². The Morgan fingerprint density at radius 2 is 1.73 bits per heavy atom. The van der Waals surface area contributed by atoms with Crippen LogP contribution in [0.15, 0.2) is 12.4 Å². The number of amides is 1. The van der Waals surface area contributed by atoms with Crippen molar-refractivity contribution in [2.24, 2.45) is 0 Å². The molecule has 6 nitrogen and oxygen atoms in total. The molecule has 0 saturated carbocycles. The van der Waals surface area contributed by atoms with Crippen LogP contribution in [0.2, 0.25) is 0 Å². The average Bonchev–Trinajstić information content (AvgIpc) is 2.35. The lowest BCUT2D eigenvalue weighted by Gasteiger charge is -2.22. The van der Waals surface area contributed by atoms with Crippen molar-refractivity contribution in [3.63, 3.8) is 0 Å². The summed E-state index contributed by atoms with van der Waals surface area (Å²) in [6, 6.07) is 0. The van der Waals surface area contributed by atoms with Crippen LogP contribution in [0, 0.1) is 0 Å². The molecule has 0 spiro atoms. The minimum atomic E-state index is -0.484. The Hall–Kier alpha value is -1.85. The van der Waals surface area contributed by atoms with Crippen LogP contribution in [0.1, 0.15) is 47.1 Å². The van der Waals surface area contributed by atoms with Crippen molar-refractivity contribution in [2.75, 3.05) is 25.0 Å². The van der Waals surface area contributed by atoms with E-state index in [1.54, 1.807) is 0 Å². The van der Waals surface area contributed by atoms with E-state index in [4.69, 9.17) is 4.74 Å². The summed E-state index contributed by atoms with van der Waals surface area (Å²) in [6.45, 7) is 13.0. The Morgan fingerprint density at radius 3 is 2.18 bits per heavy atom. The lowest BCUT2D eigenvalue weighted by molar-refractivity contribution is 0.0529. The van der Waals surface area contributed by atoms with E-state index in [2.05, 4.69) is 36.1 Å². The summed E-state index contributed by atoms with van der Waals surface area (Å²) in [5, 5.41) is 2.72. The van der Waals surface area contributed by atoms with Gasteiger partial charge in [-0.15, -0.1) is 0 Å². The summed E-state index contributed by atoms with van der Waals surface area (Å²) in [6.07, 6.45) is 3.28. The third-order valence-corrected chi connectivity index (χ3v) is 2.96. The van der Waals surface area contributed by atoms with E-state index >= 15 is 0 Å². The summed E-state index contributed by atoms with van der Waals surface area (Å²) in [5.41, 5.74) is 0.647. The van der Waals surface area contributed by atoms with Crippen LogP contribution in [0.5, 0.6) is 0 Å². The van der Waals surface area contributed by atoms with E-state index in [-0.39, 0.29) is 5.41 Å². The highest BCUT2D eigenvalue weighted by Gasteiger charge is 2.17. The number of nitrogens with one attached hydrogen (secondary N) is 1. The number of ether oxygens (including phenoxy) is 1. The topological polar surface area (TPSA) is 67.4 Å². The molecule has 0 radical (unpaired) electrons. The number of rotatable bonds is 4. The molecule has 0 unspecified atom stereocenters. The van der Waals surface area contributed by atoms with Gasteiger partial charge in [-0.1, -0.05) is 20.8 Å². The van der Waals surface area contributed by atoms with Crippen molar-refractivity contribution >= 4 is 12.0 Å². The average molecular weight is 308 g/mol. The molecule has 0 bridgehead atoms. The fourth-order valence-electron chi connectivity index (χ4n) is 1.65. The maximum atomic E-state index is 11.5. The molecule has 1 heterocycles. The van der Waals surface area contributed by atoms with E-state index in [1.165, 1.54) is 0 Å². The normalized spacial score (nSPS) is 12.0. The van der Waals surface area contributed by atoms with E-state index in [0.29, 0.717) is 19.0 Å².